The van der Waals surface area contributed by atoms with Crippen molar-refractivity contribution in [1.82, 2.24) is 9.88 Å². The molecule has 4 aromatic rings. The normalized spacial score (nSPS) is 14.4. The van der Waals surface area contributed by atoms with Gasteiger partial charge >= 0.3 is 0 Å². The summed E-state index contributed by atoms with van der Waals surface area (Å²) >= 11 is 1.61. The highest BCUT2D eigenvalue weighted by molar-refractivity contribution is 7.22. The summed E-state index contributed by atoms with van der Waals surface area (Å²) in [5, 5.41) is 0.777. The number of anilines is 1. The van der Waals surface area contributed by atoms with Gasteiger partial charge in [0.25, 0.3) is 0 Å². The highest BCUT2D eigenvalue weighted by Gasteiger charge is 2.30. The molecule has 0 aliphatic carbocycles. The second-order valence-corrected chi connectivity index (χ2v) is 10.5. The molecule has 1 aromatic heterocycles. The van der Waals surface area contributed by atoms with E-state index in [1.807, 2.05) is 65.6 Å². The third-order valence-corrected chi connectivity index (χ3v) is 8.00. The van der Waals surface area contributed by atoms with E-state index in [1.54, 1.807) is 11.3 Å². The van der Waals surface area contributed by atoms with Crippen LogP contribution in [0.5, 0.6) is 0 Å². The quantitative estimate of drug-likeness (QED) is 0.307. The van der Waals surface area contributed by atoms with Crippen LogP contribution in [-0.2, 0) is 9.53 Å². The largest absolute Gasteiger partial charge is 0.379 e. The number of carbonyl (C=O) groups excluding carboxylic acids is 1. The van der Waals surface area contributed by atoms with Crippen LogP contribution >= 0.6 is 11.3 Å². The topological polar surface area (TPSA) is 45.7 Å². The predicted octanol–water partition coefficient (Wildman–Crippen LogP) is 5.80. The van der Waals surface area contributed by atoms with E-state index in [0.717, 1.165) is 65.7 Å². The van der Waals surface area contributed by atoms with E-state index >= 15 is 0 Å². The summed E-state index contributed by atoms with van der Waals surface area (Å²) in [4.78, 5) is 23.7. The zero-order valence-corrected chi connectivity index (χ0v) is 21.8. The fourth-order valence-corrected chi connectivity index (χ4v) is 5.86. The Morgan fingerprint density at radius 2 is 1.58 bits per heavy atom. The van der Waals surface area contributed by atoms with Crippen LogP contribution in [0.25, 0.3) is 10.2 Å². The molecule has 5 rings (SSSR count). The van der Waals surface area contributed by atoms with Crippen LogP contribution in [0.3, 0.4) is 0 Å². The SMILES string of the molecule is Cc1cc2nc(N(CCCN3CCOCC3)C(=O)C(c3ccccc3)c3ccccc3)sc2cc1C. The van der Waals surface area contributed by atoms with Crippen LogP contribution in [0.1, 0.15) is 34.6 Å². The molecule has 1 saturated heterocycles. The van der Waals surface area contributed by atoms with Crippen LogP contribution in [0, 0.1) is 13.8 Å². The summed E-state index contributed by atoms with van der Waals surface area (Å²) in [6.07, 6.45) is 0.885. The number of amides is 1. The number of ether oxygens (including phenoxy) is 1. The van der Waals surface area contributed by atoms with Crippen molar-refractivity contribution in [2.75, 3.05) is 44.3 Å². The van der Waals surface area contributed by atoms with E-state index in [1.165, 1.54) is 11.1 Å². The van der Waals surface area contributed by atoms with Gasteiger partial charge in [0.1, 0.15) is 0 Å². The van der Waals surface area contributed by atoms with Gasteiger partial charge in [0.15, 0.2) is 5.13 Å². The number of aryl methyl sites for hydroxylation is 2. The number of hydrogen-bond acceptors (Lipinski definition) is 5. The van der Waals surface area contributed by atoms with E-state index < -0.39 is 0 Å². The Hall–Kier alpha value is -3.06. The second kappa shape index (κ2) is 11.3. The Morgan fingerprint density at radius 3 is 2.22 bits per heavy atom. The first-order chi connectivity index (χ1) is 17.6. The lowest BCUT2D eigenvalue weighted by Gasteiger charge is -2.29. The fraction of sp³-hybridized carbons (Fsp3) is 0.333. The van der Waals surface area contributed by atoms with Crippen molar-refractivity contribution >= 4 is 32.6 Å². The summed E-state index contributed by atoms with van der Waals surface area (Å²) in [5.74, 6) is -0.312. The smallest absolute Gasteiger partial charge is 0.240 e. The molecule has 1 aliphatic heterocycles. The molecule has 2 heterocycles. The van der Waals surface area contributed by atoms with Gasteiger partial charge in [0, 0.05) is 26.2 Å². The van der Waals surface area contributed by atoms with Gasteiger partial charge in [-0.25, -0.2) is 4.98 Å². The highest BCUT2D eigenvalue weighted by atomic mass is 32.1. The molecular formula is C30H33N3O2S. The fourth-order valence-electron chi connectivity index (χ4n) is 4.78. The first-order valence-corrected chi connectivity index (χ1v) is 13.5. The van der Waals surface area contributed by atoms with Crippen molar-refractivity contribution in [3.8, 4) is 0 Å². The maximum Gasteiger partial charge on any atom is 0.240 e. The van der Waals surface area contributed by atoms with Gasteiger partial charge in [-0.1, -0.05) is 72.0 Å². The van der Waals surface area contributed by atoms with Gasteiger partial charge in [0.05, 0.1) is 29.3 Å². The minimum absolute atomic E-state index is 0.0712. The van der Waals surface area contributed by atoms with Crippen molar-refractivity contribution in [2.24, 2.45) is 0 Å². The van der Waals surface area contributed by atoms with Crippen molar-refractivity contribution in [2.45, 2.75) is 26.2 Å². The monoisotopic (exact) mass is 499 g/mol. The molecule has 1 amide bonds. The van der Waals surface area contributed by atoms with Crippen molar-refractivity contribution in [1.29, 1.82) is 0 Å². The number of hydrogen-bond donors (Lipinski definition) is 0. The number of aromatic nitrogens is 1. The third kappa shape index (κ3) is 5.51. The van der Waals surface area contributed by atoms with Crippen LogP contribution in [0.2, 0.25) is 0 Å². The first kappa shape index (κ1) is 24.6. The predicted molar refractivity (Wildman–Crippen MR) is 148 cm³/mol. The molecule has 1 fully saturated rings. The maximum atomic E-state index is 14.4. The molecule has 0 saturated carbocycles. The molecule has 0 radical (unpaired) electrons. The zero-order valence-electron chi connectivity index (χ0n) is 21.0. The summed E-state index contributed by atoms with van der Waals surface area (Å²) in [6.45, 7) is 9.27. The molecule has 0 atom stereocenters. The van der Waals surface area contributed by atoms with Gasteiger partial charge in [-0.05, 0) is 54.7 Å². The number of nitrogens with zero attached hydrogens (tertiary/aromatic N) is 3. The molecule has 5 nitrogen and oxygen atoms in total. The van der Waals surface area contributed by atoms with Gasteiger partial charge < -0.3 is 4.74 Å². The Balaban J connectivity index is 1.50. The molecule has 3 aromatic carbocycles. The van der Waals surface area contributed by atoms with Gasteiger partial charge in [-0.3, -0.25) is 14.6 Å². The summed E-state index contributed by atoms with van der Waals surface area (Å²) in [5.41, 5.74) is 5.42. The van der Waals surface area contributed by atoms with Gasteiger partial charge in [-0.15, -0.1) is 0 Å². The molecule has 0 N–H and O–H groups in total. The molecule has 0 bridgehead atoms. The Kier molecular flexibility index (Phi) is 7.75. The average Bonchev–Trinajstić information content (AvgIpc) is 3.31. The van der Waals surface area contributed by atoms with Gasteiger partial charge in [-0.2, -0.15) is 0 Å². The van der Waals surface area contributed by atoms with E-state index in [4.69, 9.17) is 9.72 Å². The lowest BCUT2D eigenvalue weighted by Crippen LogP contribution is -2.40. The maximum absolute atomic E-state index is 14.4. The van der Waals surface area contributed by atoms with Crippen LogP contribution < -0.4 is 4.90 Å². The Labute approximate surface area is 217 Å². The second-order valence-electron chi connectivity index (χ2n) is 9.45. The van der Waals surface area contributed by atoms with E-state index in [0.29, 0.717) is 6.54 Å². The van der Waals surface area contributed by atoms with Crippen LogP contribution in [0.4, 0.5) is 5.13 Å². The number of rotatable bonds is 8. The number of fused-ring (bicyclic) bond motifs is 1. The first-order valence-electron chi connectivity index (χ1n) is 12.7. The number of benzene rings is 3. The number of morpholine rings is 1. The minimum atomic E-state index is -0.383. The summed E-state index contributed by atoms with van der Waals surface area (Å²) in [6, 6.07) is 24.5. The molecule has 0 spiro atoms. The molecule has 186 valence electrons. The van der Waals surface area contributed by atoms with Crippen LogP contribution in [-0.4, -0.2) is 55.2 Å². The van der Waals surface area contributed by atoms with E-state index in [2.05, 4.69) is 30.9 Å². The van der Waals surface area contributed by atoms with E-state index in [9.17, 15) is 4.79 Å². The molecular weight excluding hydrogens is 466 g/mol. The molecule has 36 heavy (non-hydrogen) atoms. The van der Waals surface area contributed by atoms with Crippen LogP contribution in [0.15, 0.2) is 72.8 Å². The number of carbonyl (C=O) groups is 1. The third-order valence-electron chi connectivity index (χ3n) is 6.96. The lowest BCUT2D eigenvalue weighted by atomic mass is 9.90. The zero-order chi connectivity index (χ0) is 24.9. The molecule has 1 aliphatic rings. The Bertz CT molecular complexity index is 1220. The average molecular weight is 500 g/mol. The van der Waals surface area contributed by atoms with Crippen molar-refractivity contribution in [3.05, 3.63) is 95.1 Å². The van der Waals surface area contributed by atoms with Crippen molar-refractivity contribution in [3.63, 3.8) is 0 Å². The highest BCUT2D eigenvalue weighted by Crippen LogP contribution is 2.34. The van der Waals surface area contributed by atoms with E-state index in [-0.39, 0.29) is 11.8 Å². The van der Waals surface area contributed by atoms with Crippen molar-refractivity contribution < 1.29 is 9.53 Å². The molecule has 6 heteroatoms. The van der Waals surface area contributed by atoms with Gasteiger partial charge in [0.2, 0.25) is 5.91 Å². The summed E-state index contributed by atoms with van der Waals surface area (Å²) < 4.78 is 6.62. The summed E-state index contributed by atoms with van der Waals surface area (Å²) in [7, 11) is 0. The standard InChI is InChI=1S/C30H33N3O2S/c1-22-20-26-27(21-23(22)2)36-30(31-26)33(15-9-14-32-16-18-35-19-17-32)29(34)28(24-10-5-3-6-11-24)25-12-7-4-8-13-25/h3-8,10-13,20-21,28H,9,14-19H2,1-2H3. The Morgan fingerprint density at radius 1 is 0.972 bits per heavy atom. The minimum Gasteiger partial charge on any atom is -0.379 e. The number of thiazole rings is 1. The molecule has 0 unspecified atom stereocenters. The lowest BCUT2D eigenvalue weighted by molar-refractivity contribution is -0.119.